The second-order valence-corrected chi connectivity index (χ2v) is 4.70. The molecule has 0 bridgehead atoms. The van der Waals surface area contributed by atoms with Crippen LogP contribution in [-0.2, 0) is 4.74 Å². The average molecular weight is 230 g/mol. The van der Waals surface area contributed by atoms with E-state index >= 15 is 0 Å². The third-order valence-corrected chi connectivity index (χ3v) is 2.93. The highest BCUT2D eigenvalue weighted by Gasteiger charge is 2.17. The van der Waals surface area contributed by atoms with Crippen LogP contribution < -0.4 is 0 Å². The molecule has 16 heavy (non-hydrogen) atoms. The Balaban J connectivity index is 3.95. The maximum Gasteiger partial charge on any atom is 0.409 e. The minimum atomic E-state index is -0.227. The molecule has 0 saturated carbocycles. The van der Waals surface area contributed by atoms with Crippen molar-refractivity contribution in [3.05, 3.63) is 0 Å². The van der Waals surface area contributed by atoms with Gasteiger partial charge in [-0.2, -0.15) is 0 Å². The summed E-state index contributed by atoms with van der Waals surface area (Å²) in [4.78, 5) is 15.3. The van der Waals surface area contributed by atoms with Gasteiger partial charge in [-0.25, -0.2) is 4.79 Å². The van der Waals surface area contributed by atoms with Crippen LogP contribution in [0.15, 0.2) is 0 Å². The summed E-state index contributed by atoms with van der Waals surface area (Å²) in [6.07, 6.45) is 0.782. The highest BCUT2D eigenvalue weighted by Crippen LogP contribution is 2.11. The molecule has 2 unspecified atom stereocenters. The van der Waals surface area contributed by atoms with Crippen molar-refractivity contribution >= 4 is 6.09 Å². The van der Waals surface area contributed by atoms with Gasteiger partial charge in [0.25, 0.3) is 0 Å². The highest BCUT2D eigenvalue weighted by atomic mass is 16.6. The Morgan fingerprint density at radius 2 is 1.75 bits per heavy atom. The average Bonchev–Trinajstić information content (AvgIpc) is 2.24. The standard InChI is InChI=1S/C12H26N2O2/c1-7-10(2)11(3)16-12(15)14(6)9-8-13(4)5/h10-11H,7-9H2,1-6H3. The summed E-state index contributed by atoms with van der Waals surface area (Å²) >= 11 is 0. The lowest BCUT2D eigenvalue weighted by Crippen LogP contribution is -2.36. The fraction of sp³-hybridized carbons (Fsp3) is 0.917. The van der Waals surface area contributed by atoms with Gasteiger partial charge in [0, 0.05) is 20.1 Å². The molecule has 0 spiro atoms. The first-order valence-electron chi connectivity index (χ1n) is 5.95. The second-order valence-electron chi connectivity index (χ2n) is 4.70. The van der Waals surface area contributed by atoms with Crippen LogP contribution in [0.5, 0.6) is 0 Å². The predicted octanol–water partition coefficient (Wildman–Crippen LogP) is 2.05. The Morgan fingerprint density at radius 3 is 2.19 bits per heavy atom. The number of carbonyl (C=O) groups is 1. The molecule has 2 atom stereocenters. The summed E-state index contributed by atoms with van der Waals surface area (Å²) in [5.74, 6) is 0.409. The van der Waals surface area contributed by atoms with Gasteiger partial charge in [-0.15, -0.1) is 0 Å². The molecule has 0 saturated heterocycles. The van der Waals surface area contributed by atoms with Crippen LogP contribution in [0.1, 0.15) is 27.2 Å². The molecule has 0 aromatic carbocycles. The molecule has 4 nitrogen and oxygen atoms in total. The van der Waals surface area contributed by atoms with Gasteiger partial charge in [0.05, 0.1) is 0 Å². The van der Waals surface area contributed by atoms with Crippen molar-refractivity contribution in [3.63, 3.8) is 0 Å². The molecule has 0 radical (unpaired) electrons. The first-order valence-corrected chi connectivity index (χ1v) is 5.95. The monoisotopic (exact) mass is 230 g/mol. The van der Waals surface area contributed by atoms with Crippen LogP contribution in [0.3, 0.4) is 0 Å². The zero-order valence-electron chi connectivity index (χ0n) is 11.5. The van der Waals surface area contributed by atoms with E-state index in [-0.39, 0.29) is 12.2 Å². The van der Waals surface area contributed by atoms with E-state index in [0.717, 1.165) is 13.0 Å². The maximum atomic E-state index is 11.7. The number of nitrogens with zero attached hydrogens (tertiary/aromatic N) is 2. The molecule has 1 amide bonds. The van der Waals surface area contributed by atoms with Crippen LogP contribution in [-0.4, -0.2) is 56.2 Å². The molecule has 0 aromatic heterocycles. The third kappa shape index (κ3) is 5.95. The van der Waals surface area contributed by atoms with Crippen molar-refractivity contribution in [1.29, 1.82) is 0 Å². The fourth-order valence-electron chi connectivity index (χ4n) is 1.14. The van der Waals surface area contributed by atoms with Crippen molar-refractivity contribution in [1.82, 2.24) is 9.80 Å². The van der Waals surface area contributed by atoms with E-state index in [0.29, 0.717) is 12.5 Å². The van der Waals surface area contributed by atoms with Crippen molar-refractivity contribution in [2.75, 3.05) is 34.2 Å². The molecule has 0 aromatic rings. The van der Waals surface area contributed by atoms with Gasteiger partial charge in [0.1, 0.15) is 6.10 Å². The van der Waals surface area contributed by atoms with Crippen LogP contribution in [0.4, 0.5) is 4.79 Å². The van der Waals surface area contributed by atoms with Crippen molar-refractivity contribution in [2.24, 2.45) is 5.92 Å². The van der Waals surface area contributed by atoms with Gasteiger partial charge in [0.2, 0.25) is 0 Å². The van der Waals surface area contributed by atoms with E-state index in [1.54, 1.807) is 11.9 Å². The third-order valence-electron chi connectivity index (χ3n) is 2.93. The first kappa shape index (κ1) is 15.2. The fourth-order valence-corrected chi connectivity index (χ4v) is 1.14. The number of hydrogen-bond acceptors (Lipinski definition) is 3. The number of rotatable bonds is 6. The Kier molecular flexibility index (Phi) is 7.13. The maximum absolute atomic E-state index is 11.7. The molecule has 4 heteroatoms. The van der Waals surface area contributed by atoms with Crippen LogP contribution >= 0.6 is 0 Å². The van der Waals surface area contributed by atoms with Gasteiger partial charge in [0.15, 0.2) is 0 Å². The Bertz CT molecular complexity index is 207. The van der Waals surface area contributed by atoms with Crippen LogP contribution in [0, 0.1) is 5.92 Å². The smallest absolute Gasteiger partial charge is 0.409 e. The molecule has 0 N–H and O–H groups in total. The molecular formula is C12H26N2O2. The SMILES string of the molecule is CCC(C)C(C)OC(=O)N(C)CCN(C)C. The predicted molar refractivity (Wildman–Crippen MR) is 66.6 cm³/mol. The van der Waals surface area contributed by atoms with Gasteiger partial charge >= 0.3 is 6.09 Å². The van der Waals surface area contributed by atoms with Crippen molar-refractivity contribution < 1.29 is 9.53 Å². The van der Waals surface area contributed by atoms with E-state index in [2.05, 4.69) is 13.8 Å². The topological polar surface area (TPSA) is 32.8 Å². The Morgan fingerprint density at radius 1 is 1.19 bits per heavy atom. The number of carbonyl (C=O) groups excluding carboxylic acids is 1. The molecule has 0 fully saturated rings. The van der Waals surface area contributed by atoms with Crippen molar-refractivity contribution in [3.8, 4) is 0 Å². The van der Waals surface area contributed by atoms with Gasteiger partial charge < -0.3 is 14.5 Å². The van der Waals surface area contributed by atoms with E-state index in [9.17, 15) is 4.79 Å². The van der Waals surface area contributed by atoms with E-state index in [1.165, 1.54) is 0 Å². The number of amides is 1. The quantitative estimate of drug-likeness (QED) is 0.700. The Hall–Kier alpha value is -0.770. The van der Waals surface area contributed by atoms with E-state index in [4.69, 9.17) is 4.74 Å². The lowest BCUT2D eigenvalue weighted by molar-refractivity contribution is 0.0508. The molecule has 0 aliphatic heterocycles. The van der Waals surface area contributed by atoms with Crippen LogP contribution in [0.25, 0.3) is 0 Å². The normalized spacial score (nSPS) is 14.7. The Labute approximate surface area is 99.5 Å². The van der Waals surface area contributed by atoms with Crippen molar-refractivity contribution in [2.45, 2.75) is 33.3 Å². The molecule has 96 valence electrons. The molecule has 0 aliphatic carbocycles. The summed E-state index contributed by atoms with van der Waals surface area (Å²) in [5, 5.41) is 0. The largest absolute Gasteiger partial charge is 0.446 e. The summed E-state index contributed by atoms with van der Waals surface area (Å²) in [6.45, 7) is 7.69. The number of ether oxygens (including phenoxy) is 1. The summed E-state index contributed by atoms with van der Waals surface area (Å²) in [5.41, 5.74) is 0. The summed E-state index contributed by atoms with van der Waals surface area (Å²) < 4.78 is 5.37. The highest BCUT2D eigenvalue weighted by molar-refractivity contribution is 5.67. The van der Waals surface area contributed by atoms with Gasteiger partial charge in [-0.05, 0) is 26.9 Å². The number of likely N-dealkylation sites (N-methyl/N-ethyl adjacent to an activating group) is 2. The van der Waals surface area contributed by atoms with E-state index in [1.807, 2.05) is 25.9 Å². The minimum Gasteiger partial charge on any atom is -0.446 e. The second kappa shape index (κ2) is 7.49. The lowest BCUT2D eigenvalue weighted by atomic mass is 10.0. The molecule has 0 heterocycles. The molecule has 0 rings (SSSR count). The van der Waals surface area contributed by atoms with E-state index < -0.39 is 0 Å². The zero-order valence-corrected chi connectivity index (χ0v) is 11.5. The minimum absolute atomic E-state index is 0.0145. The lowest BCUT2D eigenvalue weighted by Gasteiger charge is -2.24. The van der Waals surface area contributed by atoms with Gasteiger partial charge in [-0.3, -0.25) is 0 Å². The zero-order chi connectivity index (χ0) is 12.7. The van der Waals surface area contributed by atoms with Crippen LogP contribution in [0.2, 0.25) is 0 Å². The number of hydrogen-bond donors (Lipinski definition) is 0. The summed E-state index contributed by atoms with van der Waals surface area (Å²) in [6, 6.07) is 0. The first-order chi connectivity index (χ1) is 7.38. The molecule has 0 aliphatic rings. The molecular weight excluding hydrogens is 204 g/mol. The van der Waals surface area contributed by atoms with Gasteiger partial charge in [-0.1, -0.05) is 20.3 Å². The summed E-state index contributed by atoms with van der Waals surface area (Å²) in [7, 11) is 5.75.